The van der Waals surface area contributed by atoms with Crippen LogP contribution in [0.2, 0.25) is 0 Å². The van der Waals surface area contributed by atoms with Crippen LogP contribution >= 0.6 is 12.4 Å². The van der Waals surface area contributed by atoms with Gasteiger partial charge in [0.05, 0.1) is 0 Å². The fourth-order valence-corrected chi connectivity index (χ4v) is 2.28. The summed E-state index contributed by atoms with van der Waals surface area (Å²) in [6, 6.07) is 4.60. The number of carbonyl (C=O) groups excluding carboxylic acids is 1. The van der Waals surface area contributed by atoms with Crippen molar-refractivity contribution < 1.29 is 9.18 Å². The van der Waals surface area contributed by atoms with E-state index in [0.29, 0.717) is 11.1 Å². The van der Waals surface area contributed by atoms with Gasteiger partial charge in [0.1, 0.15) is 5.82 Å². The Morgan fingerprint density at radius 3 is 2.67 bits per heavy atom. The topological polar surface area (TPSA) is 41.1 Å². The average Bonchev–Trinajstić information content (AvgIpc) is 2.39. The summed E-state index contributed by atoms with van der Waals surface area (Å²) in [6.07, 6.45) is 1.85. The number of carbonyl (C=O) groups is 1. The first-order chi connectivity index (χ1) is 8.22. The minimum absolute atomic E-state index is 0. The maximum absolute atomic E-state index is 13.8. The van der Waals surface area contributed by atoms with Crippen molar-refractivity contribution in [1.29, 1.82) is 0 Å². The Labute approximate surface area is 113 Å². The first-order valence-electron chi connectivity index (χ1n) is 5.94. The van der Waals surface area contributed by atoms with Gasteiger partial charge in [-0.05, 0) is 55.6 Å². The van der Waals surface area contributed by atoms with Crippen molar-refractivity contribution in [1.82, 2.24) is 10.6 Å². The third-order valence-electron chi connectivity index (χ3n) is 3.26. The Balaban J connectivity index is 0.00000162. The van der Waals surface area contributed by atoms with Crippen LogP contribution in [0.25, 0.3) is 0 Å². The molecule has 3 nitrogen and oxygen atoms in total. The van der Waals surface area contributed by atoms with Crippen molar-refractivity contribution in [2.45, 2.75) is 18.8 Å². The van der Waals surface area contributed by atoms with Crippen LogP contribution in [0.1, 0.15) is 34.7 Å². The lowest BCUT2D eigenvalue weighted by molar-refractivity contribution is 0.0963. The van der Waals surface area contributed by atoms with Crippen LogP contribution in [-0.4, -0.2) is 26.0 Å². The van der Waals surface area contributed by atoms with E-state index in [-0.39, 0.29) is 30.0 Å². The average molecular weight is 273 g/mol. The maximum Gasteiger partial charge on any atom is 0.251 e. The van der Waals surface area contributed by atoms with Crippen LogP contribution in [-0.2, 0) is 0 Å². The number of nitrogens with one attached hydrogen (secondary N) is 2. The van der Waals surface area contributed by atoms with Crippen LogP contribution in [0.4, 0.5) is 4.39 Å². The number of piperidine rings is 1. The summed E-state index contributed by atoms with van der Waals surface area (Å²) >= 11 is 0. The molecule has 1 aromatic rings. The van der Waals surface area contributed by atoms with Crippen LogP contribution in [0.3, 0.4) is 0 Å². The third-order valence-corrected chi connectivity index (χ3v) is 3.26. The normalized spacial score (nSPS) is 15.9. The summed E-state index contributed by atoms with van der Waals surface area (Å²) in [5.41, 5.74) is 1.20. The van der Waals surface area contributed by atoms with Gasteiger partial charge in [0.2, 0.25) is 0 Å². The molecule has 1 aliphatic heterocycles. The Morgan fingerprint density at radius 2 is 2.06 bits per heavy atom. The van der Waals surface area contributed by atoms with Crippen LogP contribution < -0.4 is 10.6 Å². The lowest BCUT2D eigenvalue weighted by Gasteiger charge is -2.23. The van der Waals surface area contributed by atoms with Crippen molar-refractivity contribution in [2.24, 2.45) is 0 Å². The fourth-order valence-electron chi connectivity index (χ4n) is 2.28. The summed E-state index contributed by atoms with van der Waals surface area (Å²) in [6.45, 7) is 1.82. The number of rotatable bonds is 2. The van der Waals surface area contributed by atoms with E-state index in [2.05, 4.69) is 10.6 Å². The summed E-state index contributed by atoms with van der Waals surface area (Å²) < 4.78 is 13.8. The van der Waals surface area contributed by atoms with Gasteiger partial charge in [0.15, 0.2) is 0 Å². The highest BCUT2D eigenvalue weighted by Crippen LogP contribution is 2.28. The predicted molar refractivity (Wildman–Crippen MR) is 71.9 cm³/mol. The summed E-state index contributed by atoms with van der Waals surface area (Å²) in [4.78, 5) is 11.5. The molecule has 5 heteroatoms. The van der Waals surface area contributed by atoms with Gasteiger partial charge in [-0.25, -0.2) is 4.39 Å². The number of hydrogen-bond donors (Lipinski definition) is 2. The van der Waals surface area contributed by atoms with E-state index in [4.69, 9.17) is 0 Å². The van der Waals surface area contributed by atoms with Gasteiger partial charge in [-0.1, -0.05) is 0 Å². The Morgan fingerprint density at radius 1 is 1.39 bits per heavy atom. The molecule has 1 heterocycles. The first kappa shape index (κ1) is 14.9. The van der Waals surface area contributed by atoms with E-state index in [1.807, 2.05) is 0 Å². The van der Waals surface area contributed by atoms with E-state index in [1.54, 1.807) is 13.1 Å². The maximum atomic E-state index is 13.8. The fraction of sp³-hybridized carbons (Fsp3) is 0.462. The van der Waals surface area contributed by atoms with Gasteiger partial charge < -0.3 is 10.6 Å². The Bertz CT molecular complexity index is 419. The van der Waals surface area contributed by atoms with Gasteiger partial charge >= 0.3 is 0 Å². The highest BCUT2D eigenvalue weighted by molar-refractivity contribution is 5.94. The SMILES string of the molecule is CNC(=O)c1ccc(F)c(C2CCNCC2)c1.Cl. The Kier molecular flexibility index (Phi) is 5.56. The van der Waals surface area contributed by atoms with Crippen molar-refractivity contribution in [3.05, 3.63) is 35.1 Å². The Hall–Kier alpha value is -1.13. The monoisotopic (exact) mass is 272 g/mol. The predicted octanol–water partition coefficient (Wildman–Crippen LogP) is 2.07. The molecule has 0 atom stereocenters. The largest absolute Gasteiger partial charge is 0.355 e. The summed E-state index contributed by atoms with van der Waals surface area (Å²) in [7, 11) is 1.58. The molecule has 0 aliphatic carbocycles. The number of amides is 1. The van der Waals surface area contributed by atoms with Crippen molar-refractivity contribution in [2.75, 3.05) is 20.1 Å². The zero-order chi connectivity index (χ0) is 12.3. The van der Waals surface area contributed by atoms with Crippen LogP contribution in [0.15, 0.2) is 18.2 Å². The number of hydrogen-bond acceptors (Lipinski definition) is 2. The summed E-state index contributed by atoms with van der Waals surface area (Å²) in [5.74, 6) is -0.148. The molecule has 100 valence electrons. The second-order valence-corrected chi connectivity index (χ2v) is 4.34. The van der Waals surface area contributed by atoms with Gasteiger partial charge in [-0.2, -0.15) is 0 Å². The van der Waals surface area contributed by atoms with Gasteiger partial charge in [0.25, 0.3) is 5.91 Å². The zero-order valence-corrected chi connectivity index (χ0v) is 11.1. The first-order valence-corrected chi connectivity index (χ1v) is 5.94. The highest BCUT2D eigenvalue weighted by Gasteiger charge is 2.19. The van der Waals surface area contributed by atoms with E-state index in [9.17, 15) is 9.18 Å². The molecular weight excluding hydrogens is 255 g/mol. The standard InChI is InChI=1S/C13H17FN2O.ClH/c1-15-13(17)10-2-3-12(14)11(8-10)9-4-6-16-7-5-9;/h2-3,8-9,16H,4-7H2,1H3,(H,15,17);1H. The molecule has 0 aromatic heterocycles. The molecular formula is C13H18ClFN2O. The molecule has 18 heavy (non-hydrogen) atoms. The van der Waals surface area contributed by atoms with E-state index >= 15 is 0 Å². The van der Waals surface area contributed by atoms with Gasteiger partial charge in [-0.15, -0.1) is 12.4 Å². The van der Waals surface area contributed by atoms with Crippen LogP contribution in [0.5, 0.6) is 0 Å². The molecule has 1 aliphatic rings. The molecule has 1 saturated heterocycles. The quantitative estimate of drug-likeness (QED) is 0.865. The second kappa shape index (κ2) is 6.71. The van der Waals surface area contributed by atoms with E-state index in [0.717, 1.165) is 25.9 Å². The molecule has 0 radical (unpaired) electrons. The van der Waals surface area contributed by atoms with Crippen molar-refractivity contribution in [3.8, 4) is 0 Å². The molecule has 2 N–H and O–H groups in total. The molecule has 0 spiro atoms. The molecule has 0 unspecified atom stereocenters. The lowest BCUT2D eigenvalue weighted by atomic mass is 9.89. The number of benzene rings is 1. The molecule has 1 fully saturated rings. The minimum Gasteiger partial charge on any atom is -0.355 e. The second-order valence-electron chi connectivity index (χ2n) is 4.34. The molecule has 0 saturated carbocycles. The highest BCUT2D eigenvalue weighted by atomic mass is 35.5. The smallest absolute Gasteiger partial charge is 0.251 e. The third kappa shape index (κ3) is 3.21. The zero-order valence-electron chi connectivity index (χ0n) is 10.3. The minimum atomic E-state index is -0.204. The number of halogens is 2. The van der Waals surface area contributed by atoms with E-state index < -0.39 is 0 Å². The molecule has 1 aromatic carbocycles. The van der Waals surface area contributed by atoms with E-state index in [1.165, 1.54) is 12.1 Å². The molecule has 1 amide bonds. The van der Waals surface area contributed by atoms with Gasteiger partial charge in [0, 0.05) is 12.6 Å². The van der Waals surface area contributed by atoms with Crippen molar-refractivity contribution >= 4 is 18.3 Å². The van der Waals surface area contributed by atoms with Gasteiger partial charge in [-0.3, -0.25) is 4.79 Å². The van der Waals surface area contributed by atoms with Crippen LogP contribution in [0, 0.1) is 5.82 Å². The summed E-state index contributed by atoms with van der Waals surface area (Å²) in [5, 5.41) is 5.81. The van der Waals surface area contributed by atoms with Crippen molar-refractivity contribution in [3.63, 3.8) is 0 Å². The molecule has 2 rings (SSSR count). The lowest BCUT2D eigenvalue weighted by Crippen LogP contribution is -2.27. The molecule has 0 bridgehead atoms.